The predicted octanol–water partition coefficient (Wildman–Crippen LogP) is 2.75. The van der Waals surface area contributed by atoms with Crippen molar-refractivity contribution in [2.24, 2.45) is 7.05 Å². The van der Waals surface area contributed by atoms with E-state index in [2.05, 4.69) is 15.7 Å². The highest BCUT2D eigenvalue weighted by molar-refractivity contribution is 6.03. The van der Waals surface area contributed by atoms with E-state index in [9.17, 15) is 19.5 Å². The summed E-state index contributed by atoms with van der Waals surface area (Å²) in [4.78, 5) is 37.3. The highest BCUT2D eigenvalue weighted by atomic mass is 16.5. The Kier molecular flexibility index (Phi) is 5.73. The maximum atomic E-state index is 12.9. The summed E-state index contributed by atoms with van der Waals surface area (Å²) in [5.74, 6) is -1.88. The molecule has 1 aliphatic carbocycles. The Morgan fingerprint density at radius 2 is 1.80 bits per heavy atom. The van der Waals surface area contributed by atoms with E-state index >= 15 is 0 Å². The molecule has 0 bridgehead atoms. The van der Waals surface area contributed by atoms with Crippen LogP contribution in [-0.4, -0.2) is 58.2 Å². The van der Waals surface area contributed by atoms with Gasteiger partial charge in [0, 0.05) is 26.0 Å². The van der Waals surface area contributed by atoms with Crippen molar-refractivity contribution in [2.45, 2.75) is 17.9 Å². The van der Waals surface area contributed by atoms with Crippen LogP contribution in [0.25, 0.3) is 11.1 Å². The number of carbonyl (C=O) groups is 3. The number of carbonyl (C=O) groups excluding carboxylic acids is 2. The lowest BCUT2D eigenvalue weighted by Gasteiger charge is -2.23. The molecule has 0 saturated carbocycles. The zero-order valence-electron chi connectivity index (χ0n) is 19.0. The number of aliphatic carboxylic acids is 1. The van der Waals surface area contributed by atoms with Crippen molar-refractivity contribution in [3.63, 3.8) is 0 Å². The summed E-state index contributed by atoms with van der Waals surface area (Å²) in [5, 5.41) is 18.7. The lowest BCUT2D eigenvalue weighted by molar-refractivity contribution is -0.144. The molecule has 1 atom stereocenters. The van der Waals surface area contributed by atoms with E-state index in [-0.39, 0.29) is 43.5 Å². The van der Waals surface area contributed by atoms with Crippen molar-refractivity contribution in [1.82, 2.24) is 15.1 Å². The molecule has 10 nitrogen and oxygen atoms in total. The van der Waals surface area contributed by atoms with Crippen LogP contribution in [0.4, 0.5) is 10.6 Å². The Hall–Kier alpha value is -4.18. The van der Waals surface area contributed by atoms with E-state index in [1.807, 2.05) is 48.5 Å². The molecule has 35 heavy (non-hydrogen) atoms. The van der Waals surface area contributed by atoms with Gasteiger partial charge in [0.1, 0.15) is 18.0 Å². The number of benzene rings is 2. The fourth-order valence-corrected chi connectivity index (χ4v) is 4.65. The standard InChI is InChI=1S/C25H24N4O6/c1-29-21(19(12-26-29)22(30)28-25(23(31)32)10-11-34-14-25)27-24(33)35-13-20-17-8-4-2-6-15(17)16-7-3-5-9-18(16)20/h2-9,12,20H,10-11,13-14H2,1H3,(H,27,33)(H,28,30)(H,31,32). The SMILES string of the molecule is Cn1ncc(C(=O)NC2(C(=O)O)CCOC2)c1NC(=O)OCC1c2ccccc2-c2ccccc21. The van der Waals surface area contributed by atoms with Gasteiger partial charge in [-0.1, -0.05) is 48.5 Å². The smallest absolute Gasteiger partial charge is 0.412 e. The number of amides is 2. The number of anilines is 1. The molecule has 3 aromatic rings. The molecule has 1 fully saturated rings. The Bertz CT molecular complexity index is 1270. The fourth-order valence-electron chi connectivity index (χ4n) is 4.65. The van der Waals surface area contributed by atoms with Gasteiger partial charge in [0.2, 0.25) is 0 Å². The van der Waals surface area contributed by atoms with Crippen molar-refractivity contribution >= 4 is 23.8 Å². The van der Waals surface area contributed by atoms with Crippen molar-refractivity contribution in [2.75, 3.05) is 25.1 Å². The molecular weight excluding hydrogens is 452 g/mol. The monoisotopic (exact) mass is 476 g/mol. The third-order valence-corrected chi connectivity index (χ3v) is 6.53. The van der Waals surface area contributed by atoms with E-state index in [1.54, 1.807) is 7.05 Å². The van der Waals surface area contributed by atoms with E-state index in [1.165, 1.54) is 10.9 Å². The molecule has 3 N–H and O–H groups in total. The minimum absolute atomic E-state index is 0.0218. The number of fused-ring (bicyclic) bond motifs is 3. The molecular formula is C25H24N4O6. The van der Waals surface area contributed by atoms with Crippen LogP contribution in [0.15, 0.2) is 54.7 Å². The molecule has 180 valence electrons. The van der Waals surface area contributed by atoms with Crippen LogP contribution >= 0.6 is 0 Å². The molecule has 2 aromatic carbocycles. The van der Waals surface area contributed by atoms with Crippen LogP contribution in [0, 0.1) is 0 Å². The van der Waals surface area contributed by atoms with Crippen molar-refractivity contribution in [3.05, 3.63) is 71.4 Å². The summed E-state index contributed by atoms with van der Waals surface area (Å²) < 4.78 is 12.1. The number of aryl methyl sites for hydroxylation is 1. The second-order valence-electron chi connectivity index (χ2n) is 8.62. The van der Waals surface area contributed by atoms with Gasteiger partial charge in [-0.25, -0.2) is 9.59 Å². The number of nitrogens with one attached hydrogen (secondary N) is 2. The molecule has 2 aliphatic rings. The van der Waals surface area contributed by atoms with Gasteiger partial charge in [0.15, 0.2) is 5.54 Å². The third kappa shape index (κ3) is 4.01. The summed E-state index contributed by atoms with van der Waals surface area (Å²) in [7, 11) is 1.56. The number of nitrogens with zero attached hydrogens (tertiary/aromatic N) is 2. The highest BCUT2D eigenvalue weighted by Gasteiger charge is 2.44. The van der Waals surface area contributed by atoms with Crippen LogP contribution in [0.3, 0.4) is 0 Å². The first-order valence-electron chi connectivity index (χ1n) is 11.2. The lowest BCUT2D eigenvalue weighted by atomic mass is 9.98. The Morgan fingerprint density at radius 1 is 1.14 bits per heavy atom. The molecule has 0 radical (unpaired) electrons. The predicted molar refractivity (Wildman–Crippen MR) is 125 cm³/mol. The topological polar surface area (TPSA) is 132 Å². The molecule has 1 unspecified atom stereocenters. The number of carboxylic acid groups (broad SMARTS) is 1. The molecule has 5 rings (SSSR count). The van der Waals surface area contributed by atoms with Gasteiger partial charge in [-0.05, 0) is 22.3 Å². The molecule has 1 aliphatic heterocycles. The molecule has 1 aromatic heterocycles. The summed E-state index contributed by atoms with van der Waals surface area (Å²) in [6.07, 6.45) is 0.658. The van der Waals surface area contributed by atoms with E-state index in [4.69, 9.17) is 9.47 Å². The largest absolute Gasteiger partial charge is 0.479 e. The minimum Gasteiger partial charge on any atom is -0.479 e. The molecule has 10 heteroatoms. The quantitative estimate of drug-likeness (QED) is 0.498. The van der Waals surface area contributed by atoms with Crippen molar-refractivity contribution in [1.29, 1.82) is 0 Å². The second kappa shape index (κ2) is 8.88. The van der Waals surface area contributed by atoms with Crippen molar-refractivity contribution < 1.29 is 29.0 Å². The van der Waals surface area contributed by atoms with Gasteiger partial charge in [0.25, 0.3) is 5.91 Å². The molecule has 2 amide bonds. The normalized spacial score (nSPS) is 18.5. The number of ether oxygens (including phenoxy) is 2. The number of carboxylic acids is 1. The maximum absolute atomic E-state index is 12.9. The van der Waals surface area contributed by atoms with E-state index in [0.29, 0.717) is 0 Å². The number of hydrogen-bond acceptors (Lipinski definition) is 6. The highest BCUT2D eigenvalue weighted by Crippen LogP contribution is 2.44. The summed E-state index contributed by atoms with van der Waals surface area (Å²) in [5.41, 5.74) is 2.90. The lowest BCUT2D eigenvalue weighted by Crippen LogP contribution is -2.55. The molecule has 1 saturated heterocycles. The second-order valence-corrected chi connectivity index (χ2v) is 8.62. The first-order valence-corrected chi connectivity index (χ1v) is 11.2. The first-order chi connectivity index (χ1) is 16.9. The van der Waals surface area contributed by atoms with Gasteiger partial charge in [-0.15, -0.1) is 0 Å². The number of rotatable bonds is 6. The zero-order valence-corrected chi connectivity index (χ0v) is 19.0. The minimum atomic E-state index is -1.52. The maximum Gasteiger partial charge on any atom is 0.412 e. The van der Waals surface area contributed by atoms with Crippen LogP contribution in [-0.2, 0) is 21.3 Å². The van der Waals surface area contributed by atoms with Gasteiger partial charge >= 0.3 is 12.1 Å². The average molecular weight is 476 g/mol. The molecule has 2 heterocycles. The van der Waals surface area contributed by atoms with Crippen LogP contribution < -0.4 is 10.6 Å². The van der Waals surface area contributed by atoms with Crippen LogP contribution in [0.2, 0.25) is 0 Å². The van der Waals surface area contributed by atoms with E-state index in [0.717, 1.165) is 22.3 Å². The van der Waals surface area contributed by atoms with Gasteiger partial charge in [-0.3, -0.25) is 14.8 Å². The van der Waals surface area contributed by atoms with Crippen LogP contribution in [0.1, 0.15) is 33.8 Å². The number of hydrogen-bond donors (Lipinski definition) is 3. The average Bonchev–Trinajstić information content (AvgIpc) is 3.55. The molecule has 0 spiro atoms. The zero-order chi connectivity index (χ0) is 24.6. The summed E-state index contributed by atoms with van der Waals surface area (Å²) in [6, 6.07) is 16.0. The Labute approximate surface area is 200 Å². The first kappa shape index (κ1) is 22.6. The van der Waals surface area contributed by atoms with Gasteiger partial charge in [0.05, 0.1) is 12.8 Å². The Morgan fingerprint density at radius 3 is 2.40 bits per heavy atom. The number of aromatic nitrogens is 2. The van der Waals surface area contributed by atoms with Gasteiger partial charge in [-0.2, -0.15) is 5.10 Å². The Balaban J connectivity index is 1.29. The van der Waals surface area contributed by atoms with Crippen LogP contribution in [0.5, 0.6) is 0 Å². The van der Waals surface area contributed by atoms with E-state index < -0.39 is 23.5 Å². The summed E-state index contributed by atoms with van der Waals surface area (Å²) >= 11 is 0. The fraction of sp³-hybridized carbons (Fsp3) is 0.280. The van der Waals surface area contributed by atoms with Crippen molar-refractivity contribution in [3.8, 4) is 11.1 Å². The third-order valence-electron chi connectivity index (χ3n) is 6.53. The summed E-state index contributed by atoms with van der Waals surface area (Å²) in [6.45, 7) is 0.201. The van der Waals surface area contributed by atoms with Gasteiger partial charge < -0.3 is 19.9 Å².